The lowest BCUT2D eigenvalue weighted by atomic mass is 9.93. The first-order valence-electron chi connectivity index (χ1n) is 6.85. The van der Waals surface area contributed by atoms with E-state index in [4.69, 9.17) is 11.6 Å². The van der Waals surface area contributed by atoms with Crippen LogP contribution in [0.25, 0.3) is 0 Å². The van der Waals surface area contributed by atoms with Gasteiger partial charge in [-0.3, -0.25) is 4.79 Å². The predicted octanol–water partition coefficient (Wildman–Crippen LogP) is 4.30. The lowest BCUT2D eigenvalue weighted by Crippen LogP contribution is -2.42. The van der Waals surface area contributed by atoms with E-state index >= 15 is 0 Å². The Morgan fingerprint density at radius 1 is 1.32 bits per heavy atom. The molecule has 1 aliphatic rings. The van der Waals surface area contributed by atoms with Crippen LogP contribution in [0.5, 0.6) is 0 Å². The molecule has 0 bridgehead atoms. The summed E-state index contributed by atoms with van der Waals surface area (Å²) in [5.74, 6) is 0.637. The van der Waals surface area contributed by atoms with Crippen molar-refractivity contribution in [3.63, 3.8) is 0 Å². The molecule has 1 aromatic carbocycles. The van der Waals surface area contributed by atoms with Gasteiger partial charge in [0.05, 0.1) is 0 Å². The highest BCUT2D eigenvalue weighted by Crippen LogP contribution is 2.24. The van der Waals surface area contributed by atoms with Crippen molar-refractivity contribution >= 4 is 40.1 Å². The smallest absolute Gasteiger partial charge is 0.254 e. The fourth-order valence-electron chi connectivity index (χ4n) is 2.72. The summed E-state index contributed by atoms with van der Waals surface area (Å²) in [6.07, 6.45) is 5.98. The highest BCUT2D eigenvalue weighted by Gasteiger charge is 2.25. The van der Waals surface area contributed by atoms with E-state index < -0.39 is 0 Å². The quantitative estimate of drug-likeness (QED) is 0.553. The number of carbonyl (C=O) groups excluding carboxylic acids is 1. The maximum absolute atomic E-state index is 12.7. The molecular weight excluding hydrogens is 373 g/mol. The third kappa shape index (κ3) is 4.09. The van der Waals surface area contributed by atoms with Crippen molar-refractivity contribution in [2.45, 2.75) is 38.1 Å². The van der Waals surface area contributed by atoms with Gasteiger partial charge in [-0.05, 0) is 53.6 Å². The van der Waals surface area contributed by atoms with E-state index in [0.29, 0.717) is 18.5 Å². The van der Waals surface area contributed by atoms with Crippen LogP contribution in [-0.2, 0) is 0 Å². The van der Waals surface area contributed by atoms with E-state index in [1.807, 2.05) is 29.2 Å². The minimum Gasteiger partial charge on any atom is -0.334 e. The van der Waals surface area contributed by atoms with Gasteiger partial charge in [0.15, 0.2) is 0 Å². The van der Waals surface area contributed by atoms with Crippen molar-refractivity contribution < 1.29 is 4.79 Å². The van der Waals surface area contributed by atoms with Gasteiger partial charge < -0.3 is 4.90 Å². The molecule has 0 radical (unpaired) electrons. The molecule has 2 nitrogen and oxygen atoms in total. The molecule has 0 aromatic heterocycles. The summed E-state index contributed by atoms with van der Waals surface area (Å²) >= 11 is 8.12. The number of benzene rings is 1. The Balaban J connectivity index is 2.15. The van der Waals surface area contributed by atoms with Crippen molar-refractivity contribution in [1.29, 1.82) is 0 Å². The standard InChI is InChI=1S/C15H19ClINO/c16-9-10-18(14-7-2-1-3-8-14)15(19)12-5-4-6-13(17)11-12/h4-6,11,14H,1-3,7-10H2. The minimum absolute atomic E-state index is 0.131. The second-order valence-corrected chi connectivity index (χ2v) is 6.61. The molecule has 4 heteroatoms. The number of alkyl halides is 1. The zero-order chi connectivity index (χ0) is 13.7. The number of halogens is 2. The zero-order valence-electron chi connectivity index (χ0n) is 10.9. The van der Waals surface area contributed by atoms with E-state index in [1.54, 1.807) is 0 Å². The fourth-order valence-corrected chi connectivity index (χ4v) is 3.45. The summed E-state index contributed by atoms with van der Waals surface area (Å²) in [7, 11) is 0. The van der Waals surface area contributed by atoms with Crippen LogP contribution in [0.15, 0.2) is 24.3 Å². The number of amides is 1. The van der Waals surface area contributed by atoms with Gasteiger partial charge in [-0.15, -0.1) is 11.6 Å². The van der Waals surface area contributed by atoms with Crippen molar-refractivity contribution in [1.82, 2.24) is 4.90 Å². The van der Waals surface area contributed by atoms with Crippen LogP contribution in [0.1, 0.15) is 42.5 Å². The van der Waals surface area contributed by atoms with Crippen LogP contribution in [0, 0.1) is 3.57 Å². The second-order valence-electron chi connectivity index (χ2n) is 4.99. The first kappa shape index (κ1) is 15.1. The summed E-state index contributed by atoms with van der Waals surface area (Å²) in [5, 5.41) is 0. The first-order valence-corrected chi connectivity index (χ1v) is 8.46. The molecule has 1 aromatic rings. The van der Waals surface area contributed by atoms with Crippen molar-refractivity contribution in [2.75, 3.05) is 12.4 Å². The predicted molar refractivity (Wildman–Crippen MR) is 87.8 cm³/mol. The molecule has 0 heterocycles. The van der Waals surface area contributed by atoms with Gasteiger partial charge in [0.25, 0.3) is 5.91 Å². The van der Waals surface area contributed by atoms with E-state index in [9.17, 15) is 4.79 Å². The van der Waals surface area contributed by atoms with Gasteiger partial charge in [-0.25, -0.2) is 0 Å². The van der Waals surface area contributed by atoms with Gasteiger partial charge in [-0.2, -0.15) is 0 Å². The summed E-state index contributed by atoms with van der Waals surface area (Å²) in [4.78, 5) is 14.6. The highest BCUT2D eigenvalue weighted by molar-refractivity contribution is 14.1. The van der Waals surface area contributed by atoms with Crippen LogP contribution in [0.2, 0.25) is 0 Å². The third-order valence-electron chi connectivity index (χ3n) is 3.67. The van der Waals surface area contributed by atoms with Crippen molar-refractivity contribution in [3.05, 3.63) is 33.4 Å². The first-order chi connectivity index (χ1) is 9.22. The highest BCUT2D eigenvalue weighted by atomic mass is 127. The van der Waals surface area contributed by atoms with Gasteiger partial charge in [0.2, 0.25) is 0 Å². The molecule has 0 aliphatic heterocycles. The van der Waals surface area contributed by atoms with E-state index in [1.165, 1.54) is 19.3 Å². The zero-order valence-corrected chi connectivity index (χ0v) is 13.9. The Morgan fingerprint density at radius 2 is 2.05 bits per heavy atom. The molecule has 1 saturated carbocycles. The number of hydrogen-bond acceptors (Lipinski definition) is 1. The lowest BCUT2D eigenvalue weighted by molar-refractivity contribution is 0.0649. The Hall–Kier alpha value is -0.290. The van der Waals surface area contributed by atoms with Crippen molar-refractivity contribution in [3.8, 4) is 0 Å². The molecular formula is C15H19ClINO. The number of hydrogen-bond donors (Lipinski definition) is 0. The normalized spacial score (nSPS) is 16.3. The molecule has 0 atom stereocenters. The van der Waals surface area contributed by atoms with Crippen LogP contribution in [-0.4, -0.2) is 29.3 Å². The SMILES string of the molecule is O=C(c1cccc(I)c1)N(CCCl)C1CCCCC1. The van der Waals surface area contributed by atoms with E-state index in [0.717, 1.165) is 22.0 Å². The molecule has 104 valence electrons. The summed E-state index contributed by atoms with van der Waals surface area (Å²) in [6, 6.07) is 8.16. The average Bonchev–Trinajstić information content (AvgIpc) is 2.45. The number of nitrogens with zero attached hydrogens (tertiary/aromatic N) is 1. The Bertz CT molecular complexity index is 432. The van der Waals surface area contributed by atoms with Crippen LogP contribution < -0.4 is 0 Å². The molecule has 1 aliphatic carbocycles. The Kier molecular flexibility index (Phi) is 5.95. The molecule has 1 amide bonds. The maximum Gasteiger partial charge on any atom is 0.254 e. The molecule has 19 heavy (non-hydrogen) atoms. The molecule has 0 N–H and O–H groups in total. The monoisotopic (exact) mass is 391 g/mol. The van der Waals surface area contributed by atoms with Crippen molar-refractivity contribution in [2.24, 2.45) is 0 Å². The Labute approximate surface area is 133 Å². The van der Waals surface area contributed by atoms with Crippen LogP contribution in [0.4, 0.5) is 0 Å². The number of carbonyl (C=O) groups is 1. The van der Waals surface area contributed by atoms with Crippen LogP contribution >= 0.6 is 34.2 Å². The lowest BCUT2D eigenvalue weighted by Gasteiger charge is -2.34. The summed E-state index contributed by atoms with van der Waals surface area (Å²) in [6.45, 7) is 0.649. The Morgan fingerprint density at radius 3 is 2.68 bits per heavy atom. The molecule has 2 rings (SSSR count). The van der Waals surface area contributed by atoms with Gasteiger partial charge >= 0.3 is 0 Å². The van der Waals surface area contributed by atoms with Gasteiger partial charge in [-0.1, -0.05) is 25.3 Å². The maximum atomic E-state index is 12.7. The van der Waals surface area contributed by atoms with E-state index in [-0.39, 0.29) is 5.91 Å². The minimum atomic E-state index is 0.131. The number of rotatable bonds is 4. The van der Waals surface area contributed by atoms with Crippen LogP contribution in [0.3, 0.4) is 0 Å². The molecule has 0 saturated heterocycles. The summed E-state index contributed by atoms with van der Waals surface area (Å²) in [5.41, 5.74) is 0.780. The molecule has 0 unspecified atom stereocenters. The third-order valence-corrected chi connectivity index (χ3v) is 4.51. The molecule has 1 fully saturated rings. The summed E-state index contributed by atoms with van der Waals surface area (Å²) < 4.78 is 1.10. The van der Waals surface area contributed by atoms with Gasteiger partial charge in [0, 0.05) is 27.6 Å². The second kappa shape index (κ2) is 7.48. The largest absolute Gasteiger partial charge is 0.334 e. The molecule has 0 spiro atoms. The fraction of sp³-hybridized carbons (Fsp3) is 0.533. The van der Waals surface area contributed by atoms with Gasteiger partial charge in [0.1, 0.15) is 0 Å². The van der Waals surface area contributed by atoms with E-state index in [2.05, 4.69) is 22.6 Å². The average molecular weight is 392 g/mol. The topological polar surface area (TPSA) is 20.3 Å².